The number of hydrogen-bond donors (Lipinski definition) is 0. The van der Waals surface area contributed by atoms with Gasteiger partial charge in [0.25, 0.3) is 0 Å². The molecule has 1 aliphatic carbocycles. The highest BCUT2D eigenvalue weighted by molar-refractivity contribution is 6.04. The zero-order valence-electron chi connectivity index (χ0n) is 11.5. The van der Waals surface area contributed by atoms with E-state index in [1.807, 2.05) is 19.1 Å². The summed E-state index contributed by atoms with van der Waals surface area (Å²) in [5, 5.41) is 0. The molecule has 0 N–H and O–H groups in total. The van der Waals surface area contributed by atoms with Crippen molar-refractivity contribution in [1.82, 2.24) is 0 Å². The van der Waals surface area contributed by atoms with Crippen LogP contribution in [-0.4, -0.2) is 24.5 Å². The largest absolute Gasteiger partial charge is 0.484 e. The molecule has 0 fully saturated rings. The predicted octanol–water partition coefficient (Wildman–Crippen LogP) is 2.45. The molecule has 0 unspecified atom stereocenters. The van der Waals surface area contributed by atoms with Crippen molar-refractivity contribution in [3.05, 3.63) is 41.0 Å². The van der Waals surface area contributed by atoms with Crippen molar-refractivity contribution in [2.24, 2.45) is 5.92 Å². The van der Waals surface area contributed by atoms with Gasteiger partial charge in [-0.25, -0.2) is 4.79 Å². The molecule has 0 saturated heterocycles. The molecule has 1 aromatic rings. The fraction of sp³-hybridized carbons (Fsp3) is 0.375. The van der Waals surface area contributed by atoms with Gasteiger partial charge in [-0.15, -0.1) is 0 Å². The molecular formula is C16H16O4. The summed E-state index contributed by atoms with van der Waals surface area (Å²) < 4.78 is 10.9. The molecule has 0 bridgehead atoms. The molecule has 4 nitrogen and oxygen atoms in total. The maximum Gasteiger partial charge on any atom is 0.337 e. The molecule has 0 radical (unpaired) electrons. The molecule has 0 amide bonds. The Morgan fingerprint density at radius 2 is 2.25 bits per heavy atom. The lowest BCUT2D eigenvalue weighted by atomic mass is 9.88. The number of carbonyl (C=O) groups is 2. The first-order valence-electron chi connectivity index (χ1n) is 6.80. The van der Waals surface area contributed by atoms with E-state index in [2.05, 4.69) is 0 Å². The van der Waals surface area contributed by atoms with Crippen molar-refractivity contribution in [2.45, 2.75) is 26.4 Å². The van der Waals surface area contributed by atoms with Gasteiger partial charge >= 0.3 is 5.97 Å². The Balaban J connectivity index is 1.93. The van der Waals surface area contributed by atoms with E-state index in [0.29, 0.717) is 29.9 Å². The van der Waals surface area contributed by atoms with Crippen molar-refractivity contribution < 1.29 is 19.1 Å². The number of carbonyl (C=O) groups excluding carboxylic acids is 2. The molecule has 1 heterocycles. The highest BCUT2D eigenvalue weighted by Gasteiger charge is 2.44. The first kappa shape index (κ1) is 12.9. The minimum Gasteiger partial charge on any atom is -0.484 e. The first-order valence-corrected chi connectivity index (χ1v) is 6.80. The van der Waals surface area contributed by atoms with Crippen LogP contribution in [0, 0.1) is 12.8 Å². The van der Waals surface area contributed by atoms with Gasteiger partial charge in [0.1, 0.15) is 11.9 Å². The van der Waals surface area contributed by atoms with Gasteiger partial charge in [-0.2, -0.15) is 0 Å². The second-order valence-corrected chi connectivity index (χ2v) is 5.12. The van der Waals surface area contributed by atoms with Crippen LogP contribution in [0.1, 0.15) is 29.3 Å². The average molecular weight is 272 g/mol. The van der Waals surface area contributed by atoms with E-state index in [9.17, 15) is 9.59 Å². The first-order chi connectivity index (χ1) is 9.61. The number of benzene rings is 1. The van der Waals surface area contributed by atoms with Crippen LogP contribution in [0.15, 0.2) is 29.8 Å². The molecule has 0 saturated carbocycles. The molecule has 0 spiro atoms. The molecule has 0 aromatic heterocycles. The zero-order valence-corrected chi connectivity index (χ0v) is 11.5. The van der Waals surface area contributed by atoms with Gasteiger partial charge in [0.2, 0.25) is 0 Å². The summed E-state index contributed by atoms with van der Waals surface area (Å²) in [5.41, 5.74) is 2.11. The van der Waals surface area contributed by atoms with E-state index in [1.165, 1.54) is 0 Å². The van der Waals surface area contributed by atoms with E-state index in [4.69, 9.17) is 9.47 Å². The summed E-state index contributed by atoms with van der Waals surface area (Å²) in [6.45, 7) is 4.02. The quantitative estimate of drug-likeness (QED) is 0.776. The van der Waals surface area contributed by atoms with E-state index in [-0.39, 0.29) is 17.7 Å². The van der Waals surface area contributed by atoms with Gasteiger partial charge in [-0.1, -0.05) is 17.7 Å². The minimum atomic E-state index is -0.503. The highest BCUT2D eigenvalue weighted by atomic mass is 16.5. The van der Waals surface area contributed by atoms with Gasteiger partial charge in [0.15, 0.2) is 5.78 Å². The second-order valence-electron chi connectivity index (χ2n) is 5.12. The Bertz CT molecular complexity index is 615. The summed E-state index contributed by atoms with van der Waals surface area (Å²) >= 11 is 0. The van der Waals surface area contributed by atoms with Gasteiger partial charge in [-0.3, -0.25) is 4.79 Å². The number of Topliss-reactive ketones (excluding diaryl/α,β-unsaturated/α-hetero) is 1. The fourth-order valence-corrected chi connectivity index (χ4v) is 2.79. The van der Waals surface area contributed by atoms with Crippen molar-refractivity contribution in [1.29, 1.82) is 0 Å². The molecular weight excluding hydrogens is 256 g/mol. The van der Waals surface area contributed by atoms with Crippen LogP contribution in [0.5, 0.6) is 5.75 Å². The van der Waals surface area contributed by atoms with Crippen molar-refractivity contribution in [2.75, 3.05) is 6.61 Å². The molecule has 104 valence electrons. The lowest BCUT2D eigenvalue weighted by molar-refractivity contribution is -0.139. The Kier molecular flexibility index (Phi) is 3.08. The number of fused-ring (bicyclic) bond motifs is 2. The monoisotopic (exact) mass is 272 g/mol. The molecule has 1 aliphatic heterocycles. The lowest BCUT2D eigenvalue weighted by Crippen LogP contribution is -2.37. The maximum absolute atomic E-state index is 12.5. The number of allylic oxidation sites excluding steroid dienone is 1. The summed E-state index contributed by atoms with van der Waals surface area (Å²) in [5.74, 6) is -0.0819. The number of esters is 1. The SMILES string of the molecule is CCOC(=O)C1=CC[C@H]2C(=O)c3cc(C)ccc3O[C@H]12. The molecule has 20 heavy (non-hydrogen) atoms. The van der Waals surface area contributed by atoms with Gasteiger partial charge in [-0.05, 0) is 32.4 Å². The minimum absolute atomic E-state index is 0.0514. The van der Waals surface area contributed by atoms with Crippen molar-refractivity contribution in [3.8, 4) is 5.75 Å². The predicted molar refractivity (Wildman–Crippen MR) is 72.7 cm³/mol. The van der Waals surface area contributed by atoms with Crippen LogP contribution in [0.25, 0.3) is 0 Å². The number of ether oxygens (including phenoxy) is 2. The Morgan fingerprint density at radius 1 is 1.45 bits per heavy atom. The number of ketones is 1. The van der Waals surface area contributed by atoms with E-state index in [1.54, 1.807) is 19.1 Å². The third-order valence-corrected chi connectivity index (χ3v) is 3.77. The number of hydrogen-bond acceptors (Lipinski definition) is 4. The topological polar surface area (TPSA) is 52.6 Å². The fourth-order valence-electron chi connectivity index (χ4n) is 2.79. The molecule has 2 atom stereocenters. The third-order valence-electron chi connectivity index (χ3n) is 3.77. The van der Waals surface area contributed by atoms with Crippen LogP contribution >= 0.6 is 0 Å². The van der Waals surface area contributed by atoms with Crippen molar-refractivity contribution >= 4 is 11.8 Å². The molecule has 4 heteroatoms. The lowest BCUT2D eigenvalue weighted by Gasteiger charge is -2.29. The van der Waals surface area contributed by atoms with E-state index < -0.39 is 6.10 Å². The molecule has 3 rings (SSSR count). The van der Waals surface area contributed by atoms with Crippen LogP contribution < -0.4 is 4.74 Å². The Morgan fingerprint density at radius 3 is 3.00 bits per heavy atom. The molecule has 2 aliphatic rings. The van der Waals surface area contributed by atoms with Crippen LogP contribution in [0.2, 0.25) is 0 Å². The van der Waals surface area contributed by atoms with Gasteiger partial charge in [0.05, 0.1) is 23.7 Å². The van der Waals surface area contributed by atoms with Gasteiger partial charge in [0, 0.05) is 0 Å². The van der Waals surface area contributed by atoms with Crippen LogP contribution in [0.4, 0.5) is 0 Å². The van der Waals surface area contributed by atoms with Crippen LogP contribution in [-0.2, 0) is 9.53 Å². The normalized spacial score (nSPS) is 23.5. The summed E-state index contributed by atoms with van der Waals surface area (Å²) in [6.07, 6.45) is 1.80. The second kappa shape index (κ2) is 4.78. The smallest absolute Gasteiger partial charge is 0.337 e. The Labute approximate surface area is 117 Å². The summed E-state index contributed by atoms with van der Waals surface area (Å²) in [4.78, 5) is 24.4. The highest BCUT2D eigenvalue weighted by Crippen LogP contribution is 2.39. The Hall–Kier alpha value is -2.10. The number of aryl methyl sites for hydroxylation is 1. The standard InChI is InChI=1S/C16H16O4/c1-3-19-16(18)11-6-5-10-14(17)12-8-9(2)4-7-13(12)20-15(10)11/h4,6-8,10,15H,3,5H2,1-2H3/t10-,15-/m0/s1. The van der Waals surface area contributed by atoms with Crippen LogP contribution in [0.3, 0.4) is 0 Å². The van der Waals surface area contributed by atoms with E-state index in [0.717, 1.165) is 5.56 Å². The third kappa shape index (κ3) is 1.92. The maximum atomic E-state index is 12.5. The number of rotatable bonds is 2. The van der Waals surface area contributed by atoms with Gasteiger partial charge < -0.3 is 9.47 Å². The molecule has 1 aromatic carbocycles. The average Bonchev–Trinajstić information content (AvgIpc) is 2.84. The summed E-state index contributed by atoms with van der Waals surface area (Å²) in [6, 6.07) is 5.53. The zero-order chi connectivity index (χ0) is 14.3. The van der Waals surface area contributed by atoms with Crippen molar-refractivity contribution in [3.63, 3.8) is 0 Å². The summed E-state index contributed by atoms with van der Waals surface area (Å²) in [7, 11) is 0. The van der Waals surface area contributed by atoms with E-state index >= 15 is 0 Å².